The maximum Gasteiger partial charge on any atom is 0.276 e. The molecule has 4 heterocycles. The van der Waals surface area contributed by atoms with Crippen molar-refractivity contribution < 1.29 is 0 Å². The molecule has 0 aliphatic rings. The summed E-state index contributed by atoms with van der Waals surface area (Å²) < 4.78 is 4.90. The van der Waals surface area contributed by atoms with Crippen molar-refractivity contribution in [2.45, 2.75) is 0 Å². The van der Waals surface area contributed by atoms with E-state index in [2.05, 4.69) is 40.9 Å². The fourth-order valence-electron chi connectivity index (χ4n) is 3.15. The Labute approximate surface area is 190 Å². The summed E-state index contributed by atoms with van der Waals surface area (Å²) in [5, 5.41) is 23.7. The summed E-state index contributed by atoms with van der Waals surface area (Å²) in [4.78, 5) is 9.82. The lowest BCUT2D eigenvalue weighted by molar-refractivity contribution is 0.629. The van der Waals surface area contributed by atoms with E-state index in [1.165, 1.54) is 4.80 Å². The van der Waals surface area contributed by atoms with Crippen LogP contribution in [0.4, 0.5) is 0 Å². The molecule has 0 atom stereocenters. The molecule has 32 heavy (non-hydrogen) atoms. The van der Waals surface area contributed by atoms with E-state index < -0.39 is 0 Å². The van der Waals surface area contributed by atoms with Crippen molar-refractivity contribution >= 4 is 45.3 Å². The second kappa shape index (κ2) is 7.98. The Hall–Kier alpha value is -3.90. The number of benzene rings is 2. The predicted octanol–water partition coefficient (Wildman–Crippen LogP) is 2.40. The van der Waals surface area contributed by atoms with Crippen molar-refractivity contribution in [3.8, 4) is 11.9 Å². The monoisotopic (exact) mass is 468 g/mol. The largest absolute Gasteiger partial charge is 0.276 e. The van der Waals surface area contributed by atoms with Gasteiger partial charge in [0.2, 0.25) is 10.6 Å². The van der Waals surface area contributed by atoms with Gasteiger partial charge in [-0.25, -0.2) is 23.8 Å². The van der Waals surface area contributed by atoms with Gasteiger partial charge in [-0.1, -0.05) is 34.5 Å². The maximum absolute atomic E-state index is 6.07. The highest BCUT2D eigenvalue weighted by Crippen LogP contribution is 2.23. The number of aryl methyl sites for hydroxylation is 2. The molecule has 14 heteroatoms. The SMILES string of the molecule is Cn1nnc(-n2c(Cl)nc3ccccc32)n1.Cn1nnnc1-n1c(Cl)nc2ccccc21. The summed E-state index contributed by atoms with van der Waals surface area (Å²) in [6.07, 6.45) is 0. The fourth-order valence-corrected chi connectivity index (χ4v) is 3.67. The first-order chi connectivity index (χ1) is 15.5. The Kier molecular flexibility index (Phi) is 4.99. The van der Waals surface area contributed by atoms with Crippen LogP contribution in [0.5, 0.6) is 0 Å². The van der Waals surface area contributed by atoms with Gasteiger partial charge >= 0.3 is 0 Å². The molecule has 0 N–H and O–H groups in total. The summed E-state index contributed by atoms with van der Waals surface area (Å²) in [6, 6.07) is 15.2. The average Bonchev–Trinajstić information content (AvgIpc) is 3.53. The van der Waals surface area contributed by atoms with Gasteiger partial charge in [0.15, 0.2) is 0 Å². The molecule has 0 bridgehead atoms. The van der Waals surface area contributed by atoms with Crippen molar-refractivity contribution in [2.75, 3.05) is 0 Å². The number of para-hydroxylation sites is 4. The molecule has 0 aliphatic heterocycles. The van der Waals surface area contributed by atoms with Gasteiger partial charge in [-0.2, -0.15) is 4.80 Å². The van der Waals surface area contributed by atoms with Crippen LogP contribution in [-0.4, -0.2) is 59.5 Å². The minimum Gasteiger partial charge on any atom is -0.250 e. The van der Waals surface area contributed by atoms with Crippen LogP contribution in [0.3, 0.4) is 0 Å². The number of fused-ring (bicyclic) bond motifs is 2. The molecule has 0 fully saturated rings. The predicted molar refractivity (Wildman–Crippen MR) is 117 cm³/mol. The molecule has 6 rings (SSSR count). The molecule has 4 aromatic heterocycles. The van der Waals surface area contributed by atoms with Gasteiger partial charge in [0.25, 0.3) is 11.9 Å². The third-order valence-electron chi connectivity index (χ3n) is 4.54. The Morgan fingerprint density at radius 1 is 0.719 bits per heavy atom. The molecular formula is C18H14Cl2N12. The summed E-state index contributed by atoms with van der Waals surface area (Å²) in [5.41, 5.74) is 3.36. The van der Waals surface area contributed by atoms with Gasteiger partial charge < -0.3 is 0 Å². The van der Waals surface area contributed by atoms with E-state index in [1.807, 2.05) is 48.5 Å². The molecular weight excluding hydrogens is 455 g/mol. The third kappa shape index (κ3) is 3.44. The van der Waals surface area contributed by atoms with Crippen LogP contribution < -0.4 is 0 Å². The standard InChI is InChI=1S/2C9H7ClN6/c1-15-9(12-13-14-15)16-7-5-3-2-4-6(7)11-8(16)10;1-15-13-9(12-14-15)16-7-5-3-2-4-6(7)11-8(16)10/h2*2-5H,1H3. The van der Waals surface area contributed by atoms with E-state index in [1.54, 1.807) is 27.9 Å². The van der Waals surface area contributed by atoms with Gasteiger partial charge in [-0.3, -0.25) is 0 Å². The van der Waals surface area contributed by atoms with E-state index in [0.717, 1.165) is 22.1 Å². The summed E-state index contributed by atoms with van der Waals surface area (Å²) in [6.45, 7) is 0. The first-order valence-corrected chi connectivity index (χ1v) is 10.0. The second-order valence-corrected chi connectivity index (χ2v) is 7.27. The Bertz CT molecular complexity index is 1540. The first kappa shape index (κ1) is 20.0. The Morgan fingerprint density at radius 3 is 1.88 bits per heavy atom. The van der Waals surface area contributed by atoms with Gasteiger partial charge in [-0.05, 0) is 63.1 Å². The molecule has 0 spiro atoms. The minimum absolute atomic E-state index is 0.328. The van der Waals surface area contributed by atoms with Crippen LogP contribution in [0.15, 0.2) is 48.5 Å². The molecule has 0 radical (unpaired) electrons. The van der Waals surface area contributed by atoms with Gasteiger partial charge in [0.05, 0.1) is 29.1 Å². The number of hydrogen-bond donors (Lipinski definition) is 0. The van der Waals surface area contributed by atoms with E-state index >= 15 is 0 Å². The second-order valence-electron chi connectivity index (χ2n) is 6.59. The highest BCUT2D eigenvalue weighted by Gasteiger charge is 2.15. The Morgan fingerprint density at radius 2 is 1.31 bits per heavy atom. The molecule has 2 aromatic carbocycles. The number of rotatable bonds is 2. The number of imidazole rings is 2. The molecule has 0 unspecified atom stereocenters. The lowest BCUT2D eigenvalue weighted by Gasteiger charge is -2.01. The van der Waals surface area contributed by atoms with Crippen LogP contribution in [0.25, 0.3) is 34.0 Å². The molecule has 6 aromatic rings. The van der Waals surface area contributed by atoms with Crippen LogP contribution in [0.2, 0.25) is 10.6 Å². The lowest BCUT2D eigenvalue weighted by atomic mass is 10.3. The molecule has 0 amide bonds. The highest BCUT2D eigenvalue weighted by molar-refractivity contribution is 6.29. The number of halogens is 2. The van der Waals surface area contributed by atoms with Crippen molar-refractivity contribution in [1.82, 2.24) is 59.5 Å². The molecule has 0 saturated carbocycles. The quantitative estimate of drug-likeness (QED) is 0.379. The van der Waals surface area contributed by atoms with Gasteiger partial charge in [0.1, 0.15) is 0 Å². The van der Waals surface area contributed by atoms with Crippen LogP contribution in [0, 0.1) is 0 Å². The first-order valence-electron chi connectivity index (χ1n) is 9.26. The molecule has 0 saturated heterocycles. The summed E-state index contributed by atoms with van der Waals surface area (Å²) in [5.74, 6) is 0.958. The van der Waals surface area contributed by atoms with E-state index in [0.29, 0.717) is 22.5 Å². The van der Waals surface area contributed by atoms with Crippen LogP contribution in [-0.2, 0) is 14.1 Å². The van der Waals surface area contributed by atoms with Crippen molar-refractivity contribution in [1.29, 1.82) is 0 Å². The number of aromatic nitrogens is 12. The van der Waals surface area contributed by atoms with Crippen LogP contribution in [0.1, 0.15) is 0 Å². The van der Waals surface area contributed by atoms with E-state index in [-0.39, 0.29) is 0 Å². The zero-order valence-corrected chi connectivity index (χ0v) is 18.3. The third-order valence-corrected chi connectivity index (χ3v) is 5.04. The van der Waals surface area contributed by atoms with Crippen molar-refractivity contribution in [3.63, 3.8) is 0 Å². The fraction of sp³-hybridized carbons (Fsp3) is 0.111. The van der Waals surface area contributed by atoms with E-state index in [4.69, 9.17) is 23.2 Å². The van der Waals surface area contributed by atoms with E-state index in [9.17, 15) is 0 Å². The maximum atomic E-state index is 6.07. The summed E-state index contributed by atoms with van der Waals surface area (Å²) in [7, 11) is 3.45. The normalized spacial score (nSPS) is 11.1. The van der Waals surface area contributed by atoms with Gasteiger partial charge in [0, 0.05) is 7.05 Å². The molecule has 0 aliphatic carbocycles. The zero-order valence-electron chi connectivity index (χ0n) is 16.7. The lowest BCUT2D eigenvalue weighted by Crippen LogP contribution is -2.04. The highest BCUT2D eigenvalue weighted by atomic mass is 35.5. The topological polar surface area (TPSA) is 123 Å². The smallest absolute Gasteiger partial charge is 0.250 e. The Balaban J connectivity index is 0.000000135. The number of tetrazole rings is 2. The molecule has 12 nitrogen and oxygen atoms in total. The van der Waals surface area contributed by atoms with Crippen molar-refractivity contribution in [2.24, 2.45) is 14.1 Å². The minimum atomic E-state index is 0.328. The number of nitrogens with zero attached hydrogens (tertiary/aromatic N) is 12. The zero-order chi connectivity index (χ0) is 22.2. The van der Waals surface area contributed by atoms with Gasteiger partial charge in [-0.15, -0.1) is 5.10 Å². The summed E-state index contributed by atoms with van der Waals surface area (Å²) >= 11 is 12.1. The number of hydrogen-bond acceptors (Lipinski definition) is 8. The van der Waals surface area contributed by atoms with Crippen molar-refractivity contribution in [3.05, 3.63) is 59.1 Å². The average molecular weight is 469 g/mol. The molecule has 160 valence electrons. The van der Waals surface area contributed by atoms with Crippen LogP contribution >= 0.6 is 23.2 Å².